The van der Waals surface area contributed by atoms with Crippen molar-refractivity contribution < 1.29 is 4.79 Å². The summed E-state index contributed by atoms with van der Waals surface area (Å²) < 4.78 is 0. The number of nitrogens with one attached hydrogen (secondary N) is 1. The first-order valence-corrected chi connectivity index (χ1v) is 6.86. The Kier molecular flexibility index (Phi) is 6.52. The summed E-state index contributed by atoms with van der Waals surface area (Å²) in [6, 6.07) is -0.177. The predicted octanol–water partition coefficient (Wildman–Crippen LogP) is 0.962. The molecule has 0 aromatic heterocycles. The van der Waals surface area contributed by atoms with Crippen molar-refractivity contribution in [1.82, 2.24) is 10.2 Å². The van der Waals surface area contributed by atoms with Crippen molar-refractivity contribution in [3.8, 4) is 0 Å². The third-order valence-corrected chi connectivity index (χ3v) is 3.83. The summed E-state index contributed by atoms with van der Waals surface area (Å²) in [6.07, 6.45) is 6.12. The number of hydrogen-bond acceptors (Lipinski definition) is 3. The average Bonchev–Trinajstić information content (AvgIpc) is 2.32. The van der Waals surface area contributed by atoms with Gasteiger partial charge in [-0.25, -0.2) is 0 Å². The highest BCUT2D eigenvalue weighted by Crippen LogP contribution is 2.21. The van der Waals surface area contributed by atoms with Crippen LogP contribution in [0.4, 0.5) is 0 Å². The van der Waals surface area contributed by atoms with Gasteiger partial charge in [-0.15, -0.1) is 0 Å². The van der Waals surface area contributed by atoms with Crippen molar-refractivity contribution in [2.75, 3.05) is 26.7 Å². The molecule has 0 bridgehead atoms. The zero-order valence-corrected chi connectivity index (χ0v) is 11.2. The number of hydrogen-bond donors (Lipinski definition) is 2. The fourth-order valence-corrected chi connectivity index (χ4v) is 2.65. The number of likely N-dealkylation sites (tertiary alicyclic amines) is 1. The zero-order chi connectivity index (χ0) is 12.7. The lowest BCUT2D eigenvalue weighted by molar-refractivity contribution is -0.120. The van der Waals surface area contributed by atoms with Crippen molar-refractivity contribution >= 4 is 5.91 Å². The van der Waals surface area contributed by atoms with Crippen LogP contribution in [0.5, 0.6) is 0 Å². The standard InChI is InChI=1S/C13H27N3O/c1-3-4-11-5-8-16(9-6-11)10-7-12(15-2)13(14)17/h11-12,15H,3-10H2,1-2H3,(H2,14,17). The van der Waals surface area contributed by atoms with E-state index in [4.69, 9.17) is 5.73 Å². The number of piperidine rings is 1. The number of carbonyl (C=O) groups is 1. The van der Waals surface area contributed by atoms with Gasteiger partial charge in [0.25, 0.3) is 0 Å². The molecule has 1 rings (SSSR count). The Morgan fingerprint density at radius 3 is 2.59 bits per heavy atom. The van der Waals surface area contributed by atoms with Crippen molar-refractivity contribution in [2.24, 2.45) is 11.7 Å². The van der Waals surface area contributed by atoms with Gasteiger partial charge in [0, 0.05) is 6.54 Å². The highest BCUT2D eigenvalue weighted by Gasteiger charge is 2.20. The summed E-state index contributed by atoms with van der Waals surface area (Å²) in [5.74, 6) is 0.681. The summed E-state index contributed by atoms with van der Waals surface area (Å²) in [6.45, 7) is 5.60. The van der Waals surface area contributed by atoms with Gasteiger partial charge in [0.15, 0.2) is 0 Å². The summed E-state index contributed by atoms with van der Waals surface area (Å²) >= 11 is 0. The lowest BCUT2D eigenvalue weighted by Gasteiger charge is -2.32. The minimum Gasteiger partial charge on any atom is -0.368 e. The van der Waals surface area contributed by atoms with E-state index >= 15 is 0 Å². The highest BCUT2D eigenvalue weighted by molar-refractivity contribution is 5.79. The van der Waals surface area contributed by atoms with Crippen LogP contribution in [0.1, 0.15) is 39.0 Å². The van der Waals surface area contributed by atoms with Crippen LogP contribution in [0.3, 0.4) is 0 Å². The Balaban J connectivity index is 2.19. The van der Waals surface area contributed by atoms with Gasteiger partial charge < -0.3 is 16.0 Å². The van der Waals surface area contributed by atoms with Crippen LogP contribution in [0, 0.1) is 5.92 Å². The highest BCUT2D eigenvalue weighted by atomic mass is 16.1. The Labute approximate surface area is 105 Å². The van der Waals surface area contributed by atoms with Crippen LogP contribution >= 0.6 is 0 Å². The largest absolute Gasteiger partial charge is 0.368 e. The molecule has 17 heavy (non-hydrogen) atoms. The molecule has 0 saturated carbocycles. The molecule has 1 amide bonds. The Morgan fingerprint density at radius 1 is 1.47 bits per heavy atom. The van der Waals surface area contributed by atoms with Gasteiger partial charge in [-0.3, -0.25) is 4.79 Å². The number of nitrogens with zero attached hydrogens (tertiary/aromatic N) is 1. The van der Waals surface area contributed by atoms with E-state index in [1.807, 2.05) is 0 Å². The van der Waals surface area contributed by atoms with Gasteiger partial charge in [0.2, 0.25) is 5.91 Å². The van der Waals surface area contributed by atoms with Gasteiger partial charge in [0.05, 0.1) is 6.04 Å². The molecule has 4 nitrogen and oxygen atoms in total. The maximum absolute atomic E-state index is 11.1. The van der Waals surface area contributed by atoms with E-state index in [2.05, 4.69) is 17.1 Å². The zero-order valence-electron chi connectivity index (χ0n) is 11.2. The molecule has 1 heterocycles. The number of amides is 1. The van der Waals surface area contributed by atoms with Crippen LogP contribution in [0.25, 0.3) is 0 Å². The van der Waals surface area contributed by atoms with E-state index in [9.17, 15) is 4.79 Å². The van der Waals surface area contributed by atoms with Crippen molar-refractivity contribution in [3.05, 3.63) is 0 Å². The second-order valence-electron chi connectivity index (χ2n) is 5.11. The first-order valence-electron chi connectivity index (χ1n) is 6.86. The molecule has 0 aliphatic carbocycles. The molecule has 3 N–H and O–H groups in total. The van der Waals surface area contributed by atoms with E-state index < -0.39 is 0 Å². The molecule has 0 aromatic carbocycles. The smallest absolute Gasteiger partial charge is 0.234 e. The molecule has 1 saturated heterocycles. The number of rotatable bonds is 7. The predicted molar refractivity (Wildman–Crippen MR) is 70.7 cm³/mol. The second kappa shape index (κ2) is 7.67. The molecule has 1 unspecified atom stereocenters. The van der Waals surface area contributed by atoms with Crippen LogP contribution < -0.4 is 11.1 Å². The molecule has 100 valence electrons. The molecule has 1 aliphatic rings. The van der Waals surface area contributed by atoms with Crippen molar-refractivity contribution in [2.45, 2.75) is 45.1 Å². The normalized spacial score (nSPS) is 20.4. The van der Waals surface area contributed by atoms with Crippen molar-refractivity contribution in [1.29, 1.82) is 0 Å². The van der Waals surface area contributed by atoms with Gasteiger partial charge in [-0.05, 0) is 45.3 Å². The summed E-state index contributed by atoms with van der Waals surface area (Å²) in [5.41, 5.74) is 5.30. The monoisotopic (exact) mass is 241 g/mol. The SMILES string of the molecule is CCCC1CCN(CCC(NC)C(N)=O)CC1. The number of primary amides is 1. The Bertz CT molecular complexity index is 225. The minimum atomic E-state index is -0.242. The Hall–Kier alpha value is -0.610. The third-order valence-electron chi connectivity index (χ3n) is 3.83. The van der Waals surface area contributed by atoms with E-state index in [0.717, 1.165) is 18.9 Å². The number of likely N-dealkylation sites (N-methyl/N-ethyl adjacent to an activating group) is 1. The second-order valence-corrected chi connectivity index (χ2v) is 5.11. The van der Waals surface area contributed by atoms with E-state index in [1.165, 1.54) is 38.8 Å². The minimum absolute atomic E-state index is 0.177. The van der Waals surface area contributed by atoms with Gasteiger partial charge in [-0.1, -0.05) is 19.8 Å². The molecule has 4 heteroatoms. The number of carbonyl (C=O) groups excluding carboxylic acids is 1. The summed E-state index contributed by atoms with van der Waals surface area (Å²) in [5, 5.41) is 2.97. The molecule has 0 radical (unpaired) electrons. The molecule has 1 atom stereocenters. The molecular formula is C13H27N3O. The fraction of sp³-hybridized carbons (Fsp3) is 0.923. The van der Waals surface area contributed by atoms with E-state index in [0.29, 0.717) is 0 Å². The maximum Gasteiger partial charge on any atom is 0.234 e. The van der Waals surface area contributed by atoms with Crippen LogP contribution in [-0.2, 0) is 4.79 Å². The van der Waals surface area contributed by atoms with Gasteiger partial charge in [0.1, 0.15) is 0 Å². The quantitative estimate of drug-likeness (QED) is 0.698. The lowest BCUT2D eigenvalue weighted by Crippen LogP contribution is -2.43. The average molecular weight is 241 g/mol. The molecular weight excluding hydrogens is 214 g/mol. The Morgan fingerprint density at radius 2 is 2.12 bits per heavy atom. The number of nitrogens with two attached hydrogens (primary N) is 1. The van der Waals surface area contributed by atoms with E-state index in [1.54, 1.807) is 7.05 Å². The van der Waals surface area contributed by atoms with Gasteiger partial charge >= 0.3 is 0 Å². The summed E-state index contributed by atoms with van der Waals surface area (Å²) in [7, 11) is 1.79. The van der Waals surface area contributed by atoms with Crippen LogP contribution in [-0.4, -0.2) is 43.5 Å². The lowest BCUT2D eigenvalue weighted by atomic mass is 9.92. The molecule has 0 spiro atoms. The van der Waals surface area contributed by atoms with Crippen LogP contribution in [0.15, 0.2) is 0 Å². The maximum atomic E-state index is 11.1. The molecule has 1 aliphatic heterocycles. The van der Waals surface area contributed by atoms with Crippen LogP contribution in [0.2, 0.25) is 0 Å². The first kappa shape index (κ1) is 14.5. The van der Waals surface area contributed by atoms with Gasteiger partial charge in [-0.2, -0.15) is 0 Å². The molecule has 1 fully saturated rings. The summed E-state index contributed by atoms with van der Waals surface area (Å²) in [4.78, 5) is 13.5. The topological polar surface area (TPSA) is 58.4 Å². The van der Waals surface area contributed by atoms with Crippen molar-refractivity contribution in [3.63, 3.8) is 0 Å². The first-order chi connectivity index (χ1) is 8.17. The fourth-order valence-electron chi connectivity index (χ4n) is 2.65. The van der Waals surface area contributed by atoms with E-state index in [-0.39, 0.29) is 11.9 Å². The third kappa shape index (κ3) is 5.04. The molecule has 0 aromatic rings.